The van der Waals surface area contributed by atoms with E-state index < -0.39 is 17.6 Å². The van der Waals surface area contributed by atoms with Gasteiger partial charge in [-0.15, -0.1) is 0 Å². The summed E-state index contributed by atoms with van der Waals surface area (Å²) >= 11 is 0. The summed E-state index contributed by atoms with van der Waals surface area (Å²) in [5.41, 5.74) is 0.111. The van der Waals surface area contributed by atoms with Gasteiger partial charge in [0, 0.05) is 19.7 Å². The number of benzene rings is 2. The molecule has 2 aromatic carbocycles. The van der Waals surface area contributed by atoms with Crippen molar-refractivity contribution in [2.45, 2.75) is 6.18 Å². The van der Waals surface area contributed by atoms with Crippen LogP contribution in [0.15, 0.2) is 42.5 Å². The highest BCUT2D eigenvalue weighted by atomic mass is 19.4. The summed E-state index contributed by atoms with van der Waals surface area (Å²) < 4.78 is 38.7. The molecule has 0 spiro atoms. The second-order valence-electron chi connectivity index (χ2n) is 5.27. The molecule has 0 saturated carbocycles. The predicted molar refractivity (Wildman–Crippen MR) is 84.9 cm³/mol. The number of halogens is 3. The second-order valence-corrected chi connectivity index (χ2v) is 5.27. The van der Waals surface area contributed by atoms with Crippen LogP contribution in [0, 0.1) is 11.3 Å². The molecule has 0 unspecified atom stereocenters. The Labute approximate surface area is 137 Å². The van der Waals surface area contributed by atoms with Crippen LogP contribution < -0.4 is 10.2 Å². The van der Waals surface area contributed by atoms with Gasteiger partial charge in [-0.05, 0) is 36.4 Å². The average Bonchev–Trinajstić information content (AvgIpc) is 2.53. The van der Waals surface area contributed by atoms with Gasteiger partial charge in [0.25, 0.3) is 5.91 Å². The maximum Gasteiger partial charge on any atom is 0.416 e. The number of alkyl halides is 3. The van der Waals surface area contributed by atoms with Gasteiger partial charge in [0.05, 0.1) is 28.6 Å². The van der Waals surface area contributed by atoms with Crippen molar-refractivity contribution in [1.82, 2.24) is 0 Å². The zero-order chi connectivity index (χ0) is 17.9. The Bertz CT molecular complexity index is 807. The number of nitriles is 1. The Morgan fingerprint density at radius 3 is 2.46 bits per heavy atom. The van der Waals surface area contributed by atoms with E-state index >= 15 is 0 Å². The van der Waals surface area contributed by atoms with Gasteiger partial charge in [0.1, 0.15) is 0 Å². The quantitative estimate of drug-likeness (QED) is 0.927. The third kappa shape index (κ3) is 3.84. The first-order valence-electron chi connectivity index (χ1n) is 6.92. The lowest BCUT2D eigenvalue weighted by Gasteiger charge is -2.20. The second kappa shape index (κ2) is 6.62. The molecule has 0 aliphatic heterocycles. The molecule has 1 amide bonds. The summed E-state index contributed by atoms with van der Waals surface area (Å²) in [6.07, 6.45) is -4.51. The van der Waals surface area contributed by atoms with Crippen LogP contribution in [-0.2, 0) is 6.18 Å². The maximum absolute atomic E-state index is 12.9. The molecular weight excluding hydrogens is 319 g/mol. The molecule has 0 atom stereocenters. The Balaban J connectivity index is 2.39. The van der Waals surface area contributed by atoms with E-state index in [1.165, 1.54) is 30.3 Å². The van der Waals surface area contributed by atoms with Crippen molar-refractivity contribution in [2.24, 2.45) is 0 Å². The number of nitrogens with one attached hydrogen (secondary N) is 1. The Morgan fingerprint density at radius 1 is 1.17 bits per heavy atom. The molecule has 0 saturated heterocycles. The number of hydrogen-bond acceptors (Lipinski definition) is 3. The van der Waals surface area contributed by atoms with Crippen molar-refractivity contribution in [2.75, 3.05) is 24.3 Å². The van der Waals surface area contributed by atoms with Crippen molar-refractivity contribution < 1.29 is 18.0 Å². The molecule has 0 aliphatic carbocycles. The van der Waals surface area contributed by atoms with Gasteiger partial charge in [-0.2, -0.15) is 18.4 Å². The molecule has 4 nitrogen and oxygen atoms in total. The van der Waals surface area contributed by atoms with Gasteiger partial charge in [-0.25, -0.2) is 0 Å². The van der Waals surface area contributed by atoms with Gasteiger partial charge >= 0.3 is 6.18 Å². The number of anilines is 2. The van der Waals surface area contributed by atoms with Crippen LogP contribution in [0.2, 0.25) is 0 Å². The first kappa shape index (κ1) is 17.3. The fourth-order valence-corrected chi connectivity index (χ4v) is 2.13. The minimum Gasteiger partial charge on any atom is -0.376 e. The smallest absolute Gasteiger partial charge is 0.376 e. The van der Waals surface area contributed by atoms with Gasteiger partial charge < -0.3 is 10.2 Å². The van der Waals surface area contributed by atoms with Gasteiger partial charge in [0.2, 0.25) is 0 Å². The van der Waals surface area contributed by atoms with E-state index in [-0.39, 0.29) is 11.3 Å². The fraction of sp³-hybridized carbons (Fsp3) is 0.176. The fourth-order valence-electron chi connectivity index (χ4n) is 2.13. The van der Waals surface area contributed by atoms with E-state index in [2.05, 4.69) is 5.32 Å². The van der Waals surface area contributed by atoms with Crippen molar-refractivity contribution in [1.29, 1.82) is 5.26 Å². The van der Waals surface area contributed by atoms with E-state index in [0.29, 0.717) is 11.3 Å². The largest absolute Gasteiger partial charge is 0.416 e. The first-order valence-corrected chi connectivity index (χ1v) is 6.92. The molecular formula is C17H14F3N3O. The van der Waals surface area contributed by atoms with Crippen LogP contribution in [0.25, 0.3) is 0 Å². The highest BCUT2D eigenvalue weighted by molar-refractivity contribution is 6.06. The molecule has 1 N–H and O–H groups in total. The molecule has 0 aliphatic rings. The Hall–Kier alpha value is -3.01. The van der Waals surface area contributed by atoms with Crippen LogP contribution in [0.3, 0.4) is 0 Å². The van der Waals surface area contributed by atoms with Crippen LogP contribution in [0.4, 0.5) is 24.5 Å². The molecule has 2 rings (SSSR count). The Morgan fingerprint density at radius 2 is 1.88 bits per heavy atom. The monoisotopic (exact) mass is 333 g/mol. The standard InChI is InChI=1S/C17H14F3N3O/c1-23(2)15-7-6-13(17(18,19)20)9-14(15)22-16(24)12-5-3-4-11(8-12)10-21/h3-9H,1-2H3,(H,22,24). The summed E-state index contributed by atoms with van der Waals surface area (Å²) in [5.74, 6) is -0.588. The molecule has 0 heterocycles. The number of rotatable bonds is 3. The Kier molecular flexibility index (Phi) is 4.79. The lowest BCUT2D eigenvalue weighted by Crippen LogP contribution is -2.18. The van der Waals surface area contributed by atoms with E-state index in [0.717, 1.165) is 12.1 Å². The molecule has 0 bridgehead atoms. The van der Waals surface area contributed by atoms with E-state index in [4.69, 9.17) is 5.26 Å². The number of carbonyl (C=O) groups excluding carboxylic acids is 1. The molecule has 0 radical (unpaired) electrons. The minimum atomic E-state index is -4.51. The van der Waals surface area contributed by atoms with Gasteiger partial charge in [-0.1, -0.05) is 6.07 Å². The molecule has 2 aromatic rings. The van der Waals surface area contributed by atoms with Gasteiger partial charge in [-0.3, -0.25) is 4.79 Å². The van der Waals surface area contributed by atoms with Crippen molar-refractivity contribution in [3.05, 3.63) is 59.2 Å². The average molecular weight is 333 g/mol. The highest BCUT2D eigenvalue weighted by Gasteiger charge is 2.31. The SMILES string of the molecule is CN(C)c1ccc(C(F)(F)F)cc1NC(=O)c1cccc(C#N)c1. The van der Waals surface area contributed by atoms with E-state index in [1.807, 2.05) is 6.07 Å². The predicted octanol–water partition coefficient (Wildman–Crippen LogP) is 3.90. The summed E-state index contributed by atoms with van der Waals surface area (Å²) in [6.45, 7) is 0. The number of nitrogens with zero attached hydrogens (tertiary/aromatic N) is 2. The van der Waals surface area contributed by atoms with Crippen LogP contribution >= 0.6 is 0 Å². The molecule has 0 aromatic heterocycles. The normalized spacial score (nSPS) is 10.8. The molecule has 124 valence electrons. The molecule has 0 fully saturated rings. The lowest BCUT2D eigenvalue weighted by atomic mass is 10.1. The number of carbonyl (C=O) groups is 1. The van der Waals surface area contributed by atoms with Gasteiger partial charge in [0.15, 0.2) is 0 Å². The van der Waals surface area contributed by atoms with Crippen molar-refractivity contribution >= 4 is 17.3 Å². The highest BCUT2D eigenvalue weighted by Crippen LogP contribution is 2.35. The lowest BCUT2D eigenvalue weighted by molar-refractivity contribution is -0.137. The third-order valence-electron chi connectivity index (χ3n) is 3.31. The third-order valence-corrected chi connectivity index (χ3v) is 3.31. The van der Waals surface area contributed by atoms with Crippen LogP contribution in [-0.4, -0.2) is 20.0 Å². The summed E-state index contributed by atoms with van der Waals surface area (Å²) in [5, 5.41) is 11.3. The van der Waals surface area contributed by atoms with E-state index in [1.54, 1.807) is 19.0 Å². The zero-order valence-corrected chi connectivity index (χ0v) is 13.0. The first-order chi connectivity index (χ1) is 11.2. The van der Waals surface area contributed by atoms with Crippen LogP contribution in [0.5, 0.6) is 0 Å². The van der Waals surface area contributed by atoms with Crippen LogP contribution in [0.1, 0.15) is 21.5 Å². The summed E-state index contributed by atoms with van der Waals surface area (Å²) in [7, 11) is 3.32. The van der Waals surface area contributed by atoms with Crippen molar-refractivity contribution in [3.8, 4) is 6.07 Å². The summed E-state index contributed by atoms with van der Waals surface area (Å²) in [4.78, 5) is 13.9. The molecule has 24 heavy (non-hydrogen) atoms. The van der Waals surface area contributed by atoms with Crippen molar-refractivity contribution in [3.63, 3.8) is 0 Å². The topological polar surface area (TPSA) is 56.1 Å². The summed E-state index contributed by atoms with van der Waals surface area (Å²) in [6, 6.07) is 11.0. The number of amides is 1. The molecule has 7 heteroatoms. The number of hydrogen-bond donors (Lipinski definition) is 1. The van der Waals surface area contributed by atoms with E-state index in [9.17, 15) is 18.0 Å². The minimum absolute atomic E-state index is 0.0437. The zero-order valence-electron chi connectivity index (χ0n) is 13.0. The maximum atomic E-state index is 12.9.